The second-order valence-electron chi connectivity index (χ2n) is 9.13. The molecule has 5 aromatic carbocycles. The number of hydrogen-bond acceptors (Lipinski definition) is 1. The predicted molar refractivity (Wildman–Crippen MR) is 159 cm³/mol. The summed E-state index contributed by atoms with van der Waals surface area (Å²) in [6.07, 6.45) is 0. The maximum absolute atomic E-state index is 6.80. The second-order valence-corrected chi connectivity index (χ2v) is 11.9. The third kappa shape index (κ3) is 2.80. The summed E-state index contributed by atoms with van der Waals surface area (Å²) in [6, 6.07) is 27.3. The Kier molecular flexibility index (Phi) is 4.40. The molecule has 0 bridgehead atoms. The number of aromatic nitrogens is 1. The first-order valence-corrected chi connectivity index (χ1v) is 13.7. The zero-order chi connectivity index (χ0) is 24.3. The number of nitrogens with zero attached hydrogens (tertiary/aromatic N) is 1. The molecular formula is C30H13Cl4NS. The van der Waals surface area contributed by atoms with E-state index in [9.17, 15) is 0 Å². The Hall–Kier alpha value is -2.72. The van der Waals surface area contributed by atoms with Gasteiger partial charge in [0.2, 0.25) is 0 Å². The van der Waals surface area contributed by atoms with Gasteiger partial charge in [-0.25, -0.2) is 0 Å². The summed E-state index contributed by atoms with van der Waals surface area (Å²) in [4.78, 5) is 0. The van der Waals surface area contributed by atoms with Crippen LogP contribution in [0.1, 0.15) is 0 Å². The first-order chi connectivity index (χ1) is 17.5. The van der Waals surface area contributed by atoms with Crippen molar-refractivity contribution in [3.05, 3.63) is 99.0 Å². The highest BCUT2D eigenvalue weighted by Crippen LogP contribution is 2.47. The lowest BCUT2D eigenvalue weighted by Crippen LogP contribution is -1.82. The molecule has 0 aliphatic heterocycles. The van der Waals surface area contributed by atoms with E-state index in [0.717, 1.165) is 49.2 Å². The molecule has 0 saturated heterocycles. The van der Waals surface area contributed by atoms with Crippen molar-refractivity contribution >= 4 is 116 Å². The maximum atomic E-state index is 6.80. The van der Waals surface area contributed by atoms with Gasteiger partial charge in [-0.1, -0.05) is 70.7 Å². The van der Waals surface area contributed by atoms with Gasteiger partial charge >= 0.3 is 0 Å². The van der Waals surface area contributed by atoms with E-state index in [4.69, 9.17) is 46.4 Å². The normalized spacial score (nSPS) is 12.4. The van der Waals surface area contributed by atoms with Crippen LogP contribution in [-0.4, -0.2) is 4.40 Å². The molecule has 0 unspecified atom stereocenters. The molecule has 6 heteroatoms. The molecular weight excluding hydrogens is 548 g/mol. The third-order valence-electron chi connectivity index (χ3n) is 7.13. The molecule has 1 nitrogen and oxygen atoms in total. The molecule has 3 aromatic heterocycles. The number of halogens is 4. The van der Waals surface area contributed by atoms with E-state index < -0.39 is 0 Å². The van der Waals surface area contributed by atoms with Gasteiger partial charge in [-0.2, -0.15) is 0 Å². The average Bonchev–Trinajstić information content (AvgIpc) is 3.49. The third-order valence-corrected chi connectivity index (χ3v) is 9.32. The van der Waals surface area contributed by atoms with Crippen molar-refractivity contribution < 1.29 is 0 Å². The molecule has 3 heterocycles. The maximum Gasteiger partial charge on any atom is 0.0622 e. The van der Waals surface area contributed by atoms with E-state index in [1.165, 1.54) is 20.2 Å². The predicted octanol–water partition coefficient (Wildman–Crippen LogP) is 11.5. The van der Waals surface area contributed by atoms with Crippen molar-refractivity contribution in [1.82, 2.24) is 4.40 Å². The Labute approximate surface area is 229 Å². The fourth-order valence-corrected chi connectivity index (χ4v) is 7.96. The summed E-state index contributed by atoms with van der Waals surface area (Å²) in [5.41, 5.74) is 5.21. The second kappa shape index (κ2) is 7.41. The van der Waals surface area contributed by atoms with Crippen LogP contribution >= 0.6 is 57.7 Å². The highest BCUT2D eigenvalue weighted by atomic mass is 35.5. The SMILES string of the molecule is Clc1cc(Cl)c2c3cc(-c4ccc5sc6ccccc6c5c4)cc4c5c(Cl)cc(Cl)cc5n(c2c1)c34. The Morgan fingerprint density at radius 1 is 0.528 bits per heavy atom. The fraction of sp³-hybridized carbons (Fsp3) is 0. The van der Waals surface area contributed by atoms with Crippen molar-refractivity contribution in [2.75, 3.05) is 0 Å². The fourth-order valence-electron chi connectivity index (χ4n) is 5.71. The van der Waals surface area contributed by atoms with Gasteiger partial charge in [-0.3, -0.25) is 0 Å². The highest BCUT2D eigenvalue weighted by Gasteiger charge is 2.22. The zero-order valence-corrected chi connectivity index (χ0v) is 22.2. The summed E-state index contributed by atoms with van der Waals surface area (Å²) < 4.78 is 4.76. The number of hydrogen-bond donors (Lipinski definition) is 0. The molecule has 0 spiro atoms. The lowest BCUT2D eigenvalue weighted by molar-refractivity contribution is 1.37. The summed E-state index contributed by atoms with van der Waals surface area (Å²) >= 11 is 28.3. The van der Waals surface area contributed by atoms with Gasteiger partial charge in [0, 0.05) is 51.8 Å². The molecule has 8 rings (SSSR count). The van der Waals surface area contributed by atoms with Crippen LogP contribution in [0, 0.1) is 0 Å². The van der Waals surface area contributed by atoms with Crippen LogP contribution in [0.5, 0.6) is 0 Å². The topological polar surface area (TPSA) is 4.41 Å². The lowest BCUT2D eigenvalue weighted by atomic mass is 9.98. The minimum absolute atomic E-state index is 0.588. The van der Waals surface area contributed by atoms with Crippen molar-refractivity contribution in [3.63, 3.8) is 0 Å². The summed E-state index contributed by atoms with van der Waals surface area (Å²) in [6.45, 7) is 0. The number of benzene rings is 5. The van der Waals surface area contributed by atoms with Gasteiger partial charge in [-0.05, 0) is 65.7 Å². The molecule has 0 aliphatic rings. The van der Waals surface area contributed by atoms with Gasteiger partial charge in [-0.15, -0.1) is 11.3 Å². The van der Waals surface area contributed by atoms with E-state index in [0.29, 0.717) is 20.1 Å². The Morgan fingerprint density at radius 3 is 1.78 bits per heavy atom. The molecule has 0 fully saturated rings. The van der Waals surface area contributed by atoms with Crippen LogP contribution in [0.4, 0.5) is 0 Å². The molecule has 36 heavy (non-hydrogen) atoms. The standard InChI is InChI=1S/C30H13Cl4NS/c31-16-10-22(33)28-20-8-15(14-5-6-27-19(7-14)18-3-1-2-4-26(18)36-27)9-21-29-23(34)11-17(32)13-25(29)35(30(20)21)24(28)12-16/h1-13H. The summed E-state index contributed by atoms with van der Waals surface area (Å²) in [5, 5.41) is 9.06. The molecule has 0 atom stereocenters. The quantitative estimate of drug-likeness (QED) is 0.188. The summed E-state index contributed by atoms with van der Waals surface area (Å²) in [7, 11) is 0. The van der Waals surface area contributed by atoms with Crippen molar-refractivity contribution in [1.29, 1.82) is 0 Å². The number of fused-ring (bicyclic) bond motifs is 9. The van der Waals surface area contributed by atoms with E-state index in [-0.39, 0.29) is 0 Å². The van der Waals surface area contributed by atoms with E-state index in [1.54, 1.807) is 12.1 Å². The van der Waals surface area contributed by atoms with Crippen LogP contribution in [0.15, 0.2) is 78.9 Å². The lowest BCUT2D eigenvalue weighted by Gasteiger charge is -2.06. The Balaban J connectivity index is 1.56. The van der Waals surface area contributed by atoms with Gasteiger partial charge < -0.3 is 4.40 Å². The molecule has 0 saturated carbocycles. The van der Waals surface area contributed by atoms with Crippen LogP contribution in [-0.2, 0) is 0 Å². The van der Waals surface area contributed by atoms with E-state index >= 15 is 0 Å². The largest absolute Gasteiger partial charge is 0.308 e. The first-order valence-electron chi connectivity index (χ1n) is 11.4. The highest BCUT2D eigenvalue weighted by molar-refractivity contribution is 7.25. The van der Waals surface area contributed by atoms with Crippen molar-refractivity contribution in [2.24, 2.45) is 0 Å². The van der Waals surface area contributed by atoms with Crippen LogP contribution in [0.3, 0.4) is 0 Å². The molecule has 0 aliphatic carbocycles. The van der Waals surface area contributed by atoms with Crippen LogP contribution in [0.25, 0.3) is 69.4 Å². The van der Waals surface area contributed by atoms with E-state index in [1.807, 2.05) is 23.5 Å². The van der Waals surface area contributed by atoms with Crippen molar-refractivity contribution in [3.8, 4) is 11.1 Å². The van der Waals surface area contributed by atoms with Crippen molar-refractivity contribution in [2.45, 2.75) is 0 Å². The minimum atomic E-state index is 0.588. The molecule has 0 amide bonds. The molecule has 8 aromatic rings. The Morgan fingerprint density at radius 2 is 1.11 bits per heavy atom. The summed E-state index contributed by atoms with van der Waals surface area (Å²) in [5.74, 6) is 0. The smallest absolute Gasteiger partial charge is 0.0622 e. The molecule has 0 N–H and O–H groups in total. The van der Waals surface area contributed by atoms with Gasteiger partial charge in [0.05, 0.1) is 26.6 Å². The average molecular weight is 561 g/mol. The van der Waals surface area contributed by atoms with Gasteiger partial charge in [0.25, 0.3) is 0 Å². The molecule has 172 valence electrons. The van der Waals surface area contributed by atoms with Crippen LogP contribution in [0.2, 0.25) is 20.1 Å². The number of rotatable bonds is 1. The zero-order valence-electron chi connectivity index (χ0n) is 18.4. The minimum Gasteiger partial charge on any atom is -0.308 e. The van der Waals surface area contributed by atoms with Gasteiger partial charge in [0.15, 0.2) is 0 Å². The Bertz CT molecular complexity index is 2110. The van der Waals surface area contributed by atoms with E-state index in [2.05, 4.69) is 59.0 Å². The van der Waals surface area contributed by atoms with Crippen LogP contribution < -0.4 is 0 Å². The first kappa shape index (κ1) is 21.4. The monoisotopic (exact) mass is 559 g/mol. The van der Waals surface area contributed by atoms with Gasteiger partial charge in [0.1, 0.15) is 0 Å². The number of thiophene rings is 1. The molecule has 0 radical (unpaired) electrons.